The number of hydrogen-bond acceptors (Lipinski definition) is 3. The highest BCUT2D eigenvalue weighted by Gasteiger charge is 2.30. The minimum Gasteiger partial charge on any atom is -0.381 e. The summed E-state index contributed by atoms with van der Waals surface area (Å²) in [4.78, 5) is 17.3. The minimum atomic E-state index is 0.170. The number of likely N-dealkylation sites (tertiary alicyclic amines) is 1. The van der Waals surface area contributed by atoms with E-state index in [4.69, 9.17) is 4.74 Å². The normalized spacial score (nSPS) is 23.1. The quantitative estimate of drug-likeness (QED) is 0.832. The molecule has 2 fully saturated rings. The molecule has 1 aromatic carbocycles. The molecule has 0 spiro atoms. The number of piperidine rings is 1. The summed E-state index contributed by atoms with van der Waals surface area (Å²) < 4.78 is 5.39. The van der Waals surface area contributed by atoms with Gasteiger partial charge in [0.25, 0.3) is 0 Å². The zero-order valence-electron chi connectivity index (χ0n) is 14.8. The molecule has 24 heavy (non-hydrogen) atoms. The lowest BCUT2D eigenvalue weighted by Gasteiger charge is -2.39. The molecule has 1 amide bonds. The Morgan fingerprint density at radius 3 is 2.71 bits per heavy atom. The molecule has 1 aromatic rings. The van der Waals surface area contributed by atoms with E-state index in [0.29, 0.717) is 11.9 Å². The third-order valence-corrected chi connectivity index (χ3v) is 5.51. The molecule has 2 heterocycles. The summed E-state index contributed by atoms with van der Waals surface area (Å²) >= 11 is 0. The predicted octanol–water partition coefficient (Wildman–Crippen LogP) is 2.58. The van der Waals surface area contributed by atoms with Crippen LogP contribution >= 0.6 is 0 Å². The zero-order valence-corrected chi connectivity index (χ0v) is 14.8. The average molecular weight is 330 g/mol. The van der Waals surface area contributed by atoms with Crippen molar-refractivity contribution < 1.29 is 9.53 Å². The van der Waals surface area contributed by atoms with E-state index in [9.17, 15) is 4.79 Å². The summed E-state index contributed by atoms with van der Waals surface area (Å²) in [6.07, 6.45) is 5.17. The molecule has 4 nitrogen and oxygen atoms in total. The zero-order chi connectivity index (χ0) is 16.8. The van der Waals surface area contributed by atoms with Crippen LogP contribution in [-0.2, 0) is 16.0 Å². The van der Waals surface area contributed by atoms with Crippen LogP contribution in [0.2, 0.25) is 0 Å². The lowest BCUT2D eigenvalue weighted by atomic mass is 9.96. The molecule has 4 heteroatoms. The van der Waals surface area contributed by atoms with E-state index in [1.54, 1.807) is 0 Å². The third-order valence-electron chi connectivity index (χ3n) is 5.51. The van der Waals surface area contributed by atoms with E-state index in [1.165, 1.54) is 12.0 Å². The number of nitrogens with zero attached hydrogens (tertiary/aromatic N) is 2. The number of carbonyl (C=O) groups excluding carboxylic acids is 1. The van der Waals surface area contributed by atoms with Crippen molar-refractivity contribution in [1.29, 1.82) is 0 Å². The van der Waals surface area contributed by atoms with Crippen LogP contribution in [0.25, 0.3) is 0 Å². The van der Waals surface area contributed by atoms with Gasteiger partial charge in [-0.05, 0) is 44.2 Å². The smallest absolute Gasteiger partial charge is 0.225 e. The second-order valence-electron chi connectivity index (χ2n) is 7.17. The van der Waals surface area contributed by atoms with Crippen LogP contribution < -0.4 is 0 Å². The number of ether oxygens (including phenoxy) is 1. The number of benzene rings is 1. The molecule has 132 valence electrons. The highest BCUT2D eigenvalue weighted by Crippen LogP contribution is 2.21. The van der Waals surface area contributed by atoms with Gasteiger partial charge in [-0.2, -0.15) is 0 Å². The number of likely N-dealkylation sites (N-methyl/N-ethyl adjacent to an activating group) is 1. The average Bonchev–Trinajstić information content (AvgIpc) is 2.67. The topological polar surface area (TPSA) is 32.8 Å². The Labute approximate surface area is 145 Å². The van der Waals surface area contributed by atoms with Crippen molar-refractivity contribution in [3.8, 4) is 0 Å². The van der Waals surface area contributed by atoms with Gasteiger partial charge in [0.05, 0.1) is 0 Å². The van der Waals surface area contributed by atoms with Gasteiger partial charge in [-0.25, -0.2) is 0 Å². The first-order valence-electron chi connectivity index (χ1n) is 9.35. The van der Waals surface area contributed by atoms with E-state index < -0.39 is 0 Å². The standard InChI is InChI=1S/C20H30N2O2/c1-21(20(23)18-10-14-24-15-11-18)19-8-5-12-22(16-19)13-9-17-6-3-2-4-7-17/h2-4,6-7,18-19H,5,8-16H2,1H3/t19-/m0/s1. The van der Waals surface area contributed by atoms with Gasteiger partial charge < -0.3 is 14.5 Å². The molecule has 3 rings (SSSR count). The molecule has 0 aliphatic carbocycles. The Balaban J connectivity index is 1.49. The van der Waals surface area contributed by atoms with Gasteiger partial charge >= 0.3 is 0 Å². The largest absolute Gasteiger partial charge is 0.381 e. The van der Waals surface area contributed by atoms with Gasteiger partial charge in [-0.1, -0.05) is 30.3 Å². The fraction of sp³-hybridized carbons (Fsp3) is 0.650. The van der Waals surface area contributed by atoms with Gasteiger partial charge in [0, 0.05) is 45.3 Å². The van der Waals surface area contributed by atoms with E-state index in [-0.39, 0.29) is 5.92 Å². The summed E-state index contributed by atoms with van der Waals surface area (Å²) in [6.45, 7) is 4.72. The molecule has 1 atom stereocenters. The summed E-state index contributed by atoms with van der Waals surface area (Å²) in [7, 11) is 2.00. The van der Waals surface area contributed by atoms with Crippen molar-refractivity contribution >= 4 is 5.91 Å². The maximum absolute atomic E-state index is 12.7. The first kappa shape index (κ1) is 17.4. The van der Waals surface area contributed by atoms with Crippen molar-refractivity contribution in [2.24, 2.45) is 5.92 Å². The van der Waals surface area contributed by atoms with Gasteiger partial charge in [0.1, 0.15) is 0 Å². The van der Waals surface area contributed by atoms with Gasteiger partial charge in [-0.3, -0.25) is 4.79 Å². The van der Waals surface area contributed by atoms with Crippen LogP contribution in [0.5, 0.6) is 0 Å². The first-order valence-corrected chi connectivity index (χ1v) is 9.35. The van der Waals surface area contributed by atoms with Crippen molar-refractivity contribution in [2.75, 3.05) is 39.9 Å². The monoisotopic (exact) mass is 330 g/mol. The van der Waals surface area contributed by atoms with E-state index >= 15 is 0 Å². The van der Waals surface area contributed by atoms with Crippen molar-refractivity contribution in [2.45, 2.75) is 38.1 Å². The molecule has 0 saturated carbocycles. The fourth-order valence-electron chi connectivity index (χ4n) is 3.89. The molecule has 2 aliphatic rings. The van der Waals surface area contributed by atoms with Crippen LogP contribution in [0.1, 0.15) is 31.2 Å². The molecule has 2 aliphatic heterocycles. The maximum Gasteiger partial charge on any atom is 0.225 e. The molecule has 0 unspecified atom stereocenters. The van der Waals surface area contributed by atoms with Crippen LogP contribution in [0.4, 0.5) is 0 Å². The van der Waals surface area contributed by atoms with Crippen LogP contribution in [-0.4, -0.2) is 61.6 Å². The van der Waals surface area contributed by atoms with Gasteiger partial charge in [0.15, 0.2) is 0 Å². The molecular weight excluding hydrogens is 300 g/mol. The Morgan fingerprint density at radius 2 is 1.96 bits per heavy atom. The van der Waals surface area contributed by atoms with Crippen molar-refractivity contribution in [3.05, 3.63) is 35.9 Å². The molecule has 0 N–H and O–H groups in total. The lowest BCUT2D eigenvalue weighted by molar-refractivity contribution is -0.140. The van der Waals surface area contributed by atoms with Crippen LogP contribution in [0, 0.1) is 5.92 Å². The Kier molecular flexibility index (Phi) is 6.27. The maximum atomic E-state index is 12.7. The van der Waals surface area contributed by atoms with Gasteiger partial charge in [-0.15, -0.1) is 0 Å². The third kappa shape index (κ3) is 4.58. The summed E-state index contributed by atoms with van der Waals surface area (Å²) in [6, 6.07) is 11.0. The molecule has 0 radical (unpaired) electrons. The van der Waals surface area contributed by atoms with Crippen LogP contribution in [0.3, 0.4) is 0 Å². The van der Waals surface area contributed by atoms with Crippen LogP contribution in [0.15, 0.2) is 30.3 Å². The molecular formula is C20H30N2O2. The van der Waals surface area contributed by atoms with Crippen molar-refractivity contribution in [1.82, 2.24) is 9.80 Å². The number of rotatable bonds is 5. The fourth-order valence-corrected chi connectivity index (χ4v) is 3.89. The lowest BCUT2D eigenvalue weighted by Crippen LogP contribution is -2.50. The Hall–Kier alpha value is -1.39. The summed E-state index contributed by atoms with van der Waals surface area (Å²) in [5, 5.41) is 0. The number of carbonyl (C=O) groups is 1. The summed E-state index contributed by atoms with van der Waals surface area (Å²) in [5.74, 6) is 0.497. The van der Waals surface area contributed by atoms with E-state index in [2.05, 4.69) is 35.2 Å². The molecule has 2 saturated heterocycles. The highest BCUT2D eigenvalue weighted by atomic mass is 16.5. The highest BCUT2D eigenvalue weighted by molar-refractivity contribution is 5.79. The Bertz CT molecular complexity index is 514. The summed E-state index contributed by atoms with van der Waals surface area (Å²) in [5.41, 5.74) is 1.39. The number of hydrogen-bond donors (Lipinski definition) is 0. The molecule has 0 bridgehead atoms. The second-order valence-corrected chi connectivity index (χ2v) is 7.17. The van der Waals surface area contributed by atoms with Gasteiger partial charge in [0.2, 0.25) is 5.91 Å². The molecule has 0 aromatic heterocycles. The minimum absolute atomic E-state index is 0.170. The second kappa shape index (κ2) is 8.63. The number of amides is 1. The Morgan fingerprint density at radius 1 is 1.21 bits per heavy atom. The first-order chi connectivity index (χ1) is 11.7. The van der Waals surface area contributed by atoms with E-state index in [1.807, 2.05) is 11.9 Å². The van der Waals surface area contributed by atoms with E-state index in [0.717, 1.165) is 58.5 Å². The SMILES string of the molecule is CN(C(=O)C1CCOCC1)[C@H]1CCCN(CCc2ccccc2)C1. The van der Waals surface area contributed by atoms with Crippen molar-refractivity contribution in [3.63, 3.8) is 0 Å². The predicted molar refractivity (Wildman–Crippen MR) is 95.9 cm³/mol.